The molecule has 1 saturated carbocycles. The molecule has 4 heteroatoms. The molecule has 0 aliphatic heterocycles. The Labute approximate surface area is 110 Å². The van der Waals surface area contributed by atoms with Gasteiger partial charge in [-0.05, 0) is 33.6 Å². The average molecular weight is 257 g/mol. The zero-order valence-corrected chi connectivity index (χ0v) is 11.9. The molecule has 0 radical (unpaired) electrons. The summed E-state index contributed by atoms with van der Waals surface area (Å²) in [5.41, 5.74) is -0.396. The summed E-state index contributed by atoms with van der Waals surface area (Å²) >= 11 is 0. The molecule has 0 unspecified atom stereocenters. The summed E-state index contributed by atoms with van der Waals surface area (Å²) in [5, 5.41) is 12.4. The van der Waals surface area contributed by atoms with Crippen molar-refractivity contribution < 1.29 is 14.6 Å². The van der Waals surface area contributed by atoms with Gasteiger partial charge in [0.2, 0.25) is 5.91 Å². The first-order valence-corrected chi connectivity index (χ1v) is 6.88. The fourth-order valence-electron chi connectivity index (χ4n) is 2.31. The van der Waals surface area contributed by atoms with E-state index in [0.717, 1.165) is 25.7 Å². The van der Waals surface area contributed by atoms with E-state index in [9.17, 15) is 9.90 Å². The number of amides is 1. The number of rotatable bonds is 5. The SMILES string of the molecule is CC(C)(C)OCC(=O)NCC1(CO)CCCCC1. The summed E-state index contributed by atoms with van der Waals surface area (Å²) in [5.74, 6) is -0.0941. The molecule has 0 aromatic carbocycles. The highest BCUT2D eigenvalue weighted by Gasteiger charge is 2.31. The molecule has 0 atom stereocenters. The summed E-state index contributed by atoms with van der Waals surface area (Å²) in [6.07, 6.45) is 5.54. The standard InChI is InChI=1S/C14H27NO3/c1-13(2,3)18-9-12(17)15-10-14(11-16)7-5-4-6-8-14/h16H,4-11H2,1-3H3,(H,15,17). The molecule has 4 nitrogen and oxygen atoms in total. The quantitative estimate of drug-likeness (QED) is 0.790. The number of hydrogen-bond acceptors (Lipinski definition) is 3. The second-order valence-corrected chi connectivity index (χ2v) is 6.40. The van der Waals surface area contributed by atoms with Gasteiger partial charge in [0.05, 0.1) is 12.2 Å². The van der Waals surface area contributed by atoms with E-state index < -0.39 is 0 Å². The topological polar surface area (TPSA) is 58.6 Å². The summed E-state index contributed by atoms with van der Waals surface area (Å²) in [4.78, 5) is 11.7. The minimum Gasteiger partial charge on any atom is -0.396 e. The minimum atomic E-state index is -0.295. The van der Waals surface area contributed by atoms with Gasteiger partial charge < -0.3 is 15.2 Å². The first-order chi connectivity index (χ1) is 8.37. The second kappa shape index (κ2) is 6.53. The van der Waals surface area contributed by atoms with E-state index in [-0.39, 0.29) is 30.1 Å². The zero-order chi connectivity index (χ0) is 13.6. The van der Waals surface area contributed by atoms with Crippen LogP contribution in [0.15, 0.2) is 0 Å². The Morgan fingerprint density at radius 3 is 2.39 bits per heavy atom. The van der Waals surface area contributed by atoms with Gasteiger partial charge in [-0.15, -0.1) is 0 Å². The van der Waals surface area contributed by atoms with Gasteiger partial charge >= 0.3 is 0 Å². The van der Waals surface area contributed by atoms with E-state index in [1.54, 1.807) is 0 Å². The van der Waals surface area contributed by atoms with Crippen LogP contribution in [0.5, 0.6) is 0 Å². The van der Waals surface area contributed by atoms with Gasteiger partial charge in [0.15, 0.2) is 0 Å². The molecular formula is C14H27NO3. The van der Waals surface area contributed by atoms with Gasteiger partial charge in [-0.3, -0.25) is 4.79 Å². The van der Waals surface area contributed by atoms with Crippen LogP contribution in [0.25, 0.3) is 0 Å². The molecule has 1 rings (SSSR count). The predicted octanol–water partition coefficient (Wildman–Crippen LogP) is 1.86. The lowest BCUT2D eigenvalue weighted by molar-refractivity contribution is -0.131. The maximum atomic E-state index is 11.7. The molecule has 1 aliphatic rings. The van der Waals surface area contributed by atoms with Crippen molar-refractivity contribution in [3.63, 3.8) is 0 Å². The van der Waals surface area contributed by atoms with E-state index in [1.807, 2.05) is 20.8 Å². The maximum absolute atomic E-state index is 11.7. The van der Waals surface area contributed by atoms with Gasteiger partial charge in [-0.1, -0.05) is 19.3 Å². The Balaban J connectivity index is 2.32. The first-order valence-electron chi connectivity index (χ1n) is 6.88. The zero-order valence-electron chi connectivity index (χ0n) is 11.9. The van der Waals surface area contributed by atoms with Crippen molar-refractivity contribution in [1.82, 2.24) is 5.32 Å². The Hall–Kier alpha value is -0.610. The van der Waals surface area contributed by atoms with Crippen LogP contribution in [0.3, 0.4) is 0 Å². The highest BCUT2D eigenvalue weighted by molar-refractivity contribution is 5.77. The van der Waals surface area contributed by atoms with Crippen LogP contribution in [0.4, 0.5) is 0 Å². The van der Waals surface area contributed by atoms with E-state index in [1.165, 1.54) is 6.42 Å². The van der Waals surface area contributed by atoms with Crippen LogP contribution in [0.1, 0.15) is 52.9 Å². The molecule has 18 heavy (non-hydrogen) atoms. The summed E-state index contributed by atoms with van der Waals surface area (Å²) in [6, 6.07) is 0. The average Bonchev–Trinajstić information content (AvgIpc) is 2.34. The summed E-state index contributed by atoms with van der Waals surface area (Å²) in [7, 11) is 0. The molecule has 2 N–H and O–H groups in total. The van der Waals surface area contributed by atoms with Crippen molar-refractivity contribution in [2.45, 2.75) is 58.5 Å². The summed E-state index contributed by atoms with van der Waals surface area (Å²) in [6.45, 7) is 6.60. The van der Waals surface area contributed by atoms with E-state index >= 15 is 0 Å². The van der Waals surface area contributed by atoms with Crippen molar-refractivity contribution in [3.05, 3.63) is 0 Å². The van der Waals surface area contributed by atoms with Crippen LogP contribution in [-0.4, -0.2) is 36.4 Å². The lowest BCUT2D eigenvalue weighted by Crippen LogP contribution is -2.43. The van der Waals surface area contributed by atoms with Crippen molar-refractivity contribution >= 4 is 5.91 Å². The molecule has 0 bridgehead atoms. The third-order valence-electron chi connectivity index (χ3n) is 3.55. The number of nitrogens with one attached hydrogen (secondary N) is 1. The number of aliphatic hydroxyl groups excluding tert-OH is 1. The fraction of sp³-hybridized carbons (Fsp3) is 0.929. The Morgan fingerprint density at radius 2 is 1.89 bits per heavy atom. The smallest absolute Gasteiger partial charge is 0.246 e. The molecule has 0 spiro atoms. The van der Waals surface area contributed by atoms with E-state index in [4.69, 9.17) is 4.74 Å². The maximum Gasteiger partial charge on any atom is 0.246 e. The van der Waals surface area contributed by atoms with Crippen LogP contribution in [0.2, 0.25) is 0 Å². The third kappa shape index (κ3) is 5.36. The van der Waals surface area contributed by atoms with Crippen molar-refractivity contribution in [2.24, 2.45) is 5.41 Å². The van der Waals surface area contributed by atoms with Crippen LogP contribution >= 0.6 is 0 Å². The highest BCUT2D eigenvalue weighted by Crippen LogP contribution is 2.35. The number of carbonyl (C=O) groups is 1. The van der Waals surface area contributed by atoms with Gasteiger partial charge in [0, 0.05) is 12.0 Å². The lowest BCUT2D eigenvalue weighted by Gasteiger charge is -2.35. The van der Waals surface area contributed by atoms with Crippen molar-refractivity contribution in [1.29, 1.82) is 0 Å². The molecule has 1 fully saturated rings. The van der Waals surface area contributed by atoms with Crippen molar-refractivity contribution in [2.75, 3.05) is 19.8 Å². The predicted molar refractivity (Wildman–Crippen MR) is 71.3 cm³/mol. The molecule has 106 valence electrons. The number of aliphatic hydroxyl groups is 1. The highest BCUT2D eigenvalue weighted by atomic mass is 16.5. The van der Waals surface area contributed by atoms with Gasteiger partial charge in [-0.25, -0.2) is 0 Å². The number of carbonyl (C=O) groups excluding carboxylic acids is 1. The third-order valence-corrected chi connectivity index (χ3v) is 3.55. The Morgan fingerprint density at radius 1 is 1.28 bits per heavy atom. The number of ether oxygens (including phenoxy) is 1. The molecule has 0 aromatic rings. The molecule has 0 saturated heterocycles. The fourth-order valence-corrected chi connectivity index (χ4v) is 2.31. The first kappa shape index (κ1) is 15.4. The molecule has 0 aromatic heterocycles. The molecule has 1 amide bonds. The van der Waals surface area contributed by atoms with Gasteiger partial charge in [-0.2, -0.15) is 0 Å². The normalized spacial score (nSPS) is 19.6. The van der Waals surface area contributed by atoms with Crippen LogP contribution in [-0.2, 0) is 9.53 Å². The second-order valence-electron chi connectivity index (χ2n) is 6.40. The van der Waals surface area contributed by atoms with Gasteiger partial charge in [0.1, 0.15) is 6.61 Å². The molecule has 1 aliphatic carbocycles. The molecular weight excluding hydrogens is 230 g/mol. The van der Waals surface area contributed by atoms with Crippen LogP contribution in [0, 0.1) is 5.41 Å². The number of hydrogen-bond donors (Lipinski definition) is 2. The minimum absolute atomic E-state index is 0.0883. The monoisotopic (exact) mass is 257 g/mol. The lowest BCUT2D eigenvalue weighted by atomic mass is 9.74. The Bertz CT molecular complexity index is 265. The summed E-state index contributed by atoms with van der Waals surface area (Å²) < 4.78 is 5.42. The van der Waals surface area contributed by atoms with E-state index in [0.29, 0.717) is 6.54 Å². The van der Waals surface area contributed by atoms with Crippen molar-refractivity contribution in [3.8, 4) is 0 Å². The Kier molecular flexibility index (Phi) is 5.60. The van der Waals surface area contributed by atoms with Crippen LogP contribution < -0.4 is 5.32 Å². The van der Waals surface area contributed by atoms with E-state index in [2.05, 4.69) is 5.32 Å². The largest absolute Gasteiger partial charge is 0.396 e. The van der Waals surface area contributed by atoms with Gasteiger partial charge in [0.25, 0.3) is 0 Å². The molecule has 0 heterocycles.